The van der Waals surface area contributed by atoms with Crippen LogP contribution in [0.1, 0.15) is 41.0 Å². The smallest absolute Gasteiger partial charge is 0.0719 e. The van der Waals surface area contributed by atoms with E-state index in [0.717, 1.165) is 19.6 Å². The topological polar surface area (TPSA) is 9.23 Å². The van der Waals surface area contributed by atoms with Crippen molar-refractivity contribution in [1.29, 1.82) is 0 Å². The van der Waals surface area contributed by atoms with E-state index in [1.54, 1.807) is 5.57 Å². The summed E-state index contributed by atoms with van der Waals surface area (Å²) in [5, 5.41) is 0. The number of rotatable bonds is 1. The second-order valence-electron chi connectivity index (χ2n) is 4.60. The molecule has 0 aliphatic carbocycles. The van der Waals surface area contributed by atoms with Crippen LogP contribution in [0.25, 0.3) is 0 Å². The van der Waals surface area contributed by atoms with Gasteiger partial charge >= 0.3 is 0 Å². The van der Waals surface area contributed by atoms with Crippen LogP contribution in [0.3, 0.4) is 0 Å². The first-order valence-electron chi connectivity index (χ1n) is 5.48. The van der Waals surface area contributed by atoms with Crippen LogP contribution in [0.2, 0.25) is 0 Å². The predicted molar refractivity (Wildman–Crippen MR) is 61.3 cm³/mol. The minimum absolute atomic E-state index is 0.650. The maximum atomic E-state index is 5.51. The molecule has 0 aromatic heterocycles. The van der Waals surface area contributed by atoms with Gasteiger partial charge in [0.1, 0.15) is 0 Å². The first-order chi connectivity index (χ1) is 6.54. The summed E-state index contributed by atoms with van der Waals surface area (Å²) in [6, 6.07) is 0. The van der Waals surface area contributed by atoms with Gasteiger partial charge < -0.3 is 4.74 Å². The summed E-state index contributed by atoms with van der Waals surface area (Å²) in [5.41, 5.74) is 5.91. The Labute approximate surface area is 87.8 Å². The highest BCUT2D eigenvalue weighted by atomic mass is 16.5. The third-order valence-electron chi connectivity index (χ3n) is 3.05. The SMILES string of the molecule is CC(C)=C1COCC/C1=C(/C)C(C)C. The molecule has 0 bridgehead atoms. The molecule has 0 aromatic rings. The molecule has 1 saturated heterocycles. The Hall–Kier alpha value is -0.560. The Bertz CT molecular complexity index is 265. The Morgan fingerprint density at radius 2 is 1.79 bits per heavy atom. The normalized spacial score (nSPS) is 21.4. The molecule has 0 atom stereocenters. The molecule has 1 nitrogen and oxygen atoms in total. The summed E-state index contributed by atoms with van der Waals surface area (Å²) in [7, 11) is 0. The summed E-state index contributed by atoms with van der Waals surface area (Å²) in [4.78, 5) is 0. The minimum Gasteiger partial charge on any atom is -0.376 e. The third-order valence-corrected chi connectivity index (χ3v) is 3.05. The van der Waals surface area contributed by atoms with Crippen LogP contribution in [0.5, 0.6) is 0 Å². The van der Waals surface area contributed by atoms with E-state index in [-0.39, 0.29) is 0 Å². The lowest BCUT2D eigenvalue weighted by Crippen LogP contribution is -2.15. The van der Waals surface area contributed by atoms with Gasteiger partial charge in [-0.3, -0.25) is 0 Å². The molecular weight excluding hydrogens is 172 g/mol. The van der Waals surface area contributed by atoms with Gasteiger partial charge in [-0.1, -0.05) is 25.0 Å². The highest BCUT2D eigenvalue weighted by Gasteiger charge is 2.16. The zero-order valence-corrected chi connectivity index (χ0v) is 10.1. The third kappa shape index (κ3) is 2.48. The second-order valence-corrected chi connectivity index (χ2v) is 4.60. The van der Waals surface area contributed by atoms with E-state index in [0.29, 0.717) is 5.92 Å². The zero-order chi connectivity index (χ0) is 10.7. The van der Waals surface area contributed by atoms with Gasteiger partial charge in [-0.15, -0.1) is 0 Å². The van der Waals surface area contributed by atoms with Crippen LogP contribution in [-0.4, -0.2) is 13.2 Å². The highest BCUT2D eigenvalue weighted by molar-refractivity contribution is 5.39. The van der Waals surface area contributed by atoms with Crippen molar-refractivity contribution in [2.75, 3.05) is 13.2 Å². The number of hydrogen-bond donors (Lipinski definition) is 0. The van der Waals surface area contributed by atoms with E-state index in [1.807, 2.05) is 0 Å². The first kappa shape index (κ1) is 11.5. The van der Waals surface area contributed by atoms with Gasteiger partial charge in [0.15, 0.2) is 0 Å². The van der Waals surface area contributed by atoms with E-state index in [2.05, 4.69) is 34.6 Å². The average Bonchev–Trinajstić information content (AvgIpc) is 2.16. The van der Waals surface area contributed by atoms with Gasteiger partial charge in [0.05, 0.1) is 13.2 Å². The zero-order valence-electron chi connectivity index (χ0n) is 10.1. The van der Waals surface area contributed by atoms with Crippen molar-refractivity contribution in [1.82, 2.24) is 0 Å². The maximum absolute atomic E-state index is 5.51. The molecule has 1 fully saturated rings. The van der Waals surface area contributed by atoms with Crippen molar-refractivity contribution < 1.29 is 4.74 Å². The van der Waals surface area contributed by atoms with E-state index in [9.17, 15) is 0 Å². The molecule has 1 heterocycles. The summed E-state index contributed by atoms with van der Waals surface area (Å²) in [6.45, 7) is 12.8. The predicted octanol–water partition coefficient (Wildman–Crippen LogP) is 3.72. The molecule has 1 rings (SSSR count). The summed E-state index contributed by atoms with van der Waals surface area (Å²) >= 11 is 0. The van der Waals surface area contributed by atoms with Crippen LogP contribution in [0, 0.1) is 5.92 Å². The Kier molecular flexibility index (Phi) is 3.94. The van der Waals surface area contributed by atoms with Crippen LogP contribution in [-0.2, 0) is 4.74 Å². The molecule has 0 saturated carbocycles. The van der Waals surface area contributed by atoms with Gasteiger partial charge in [0, 0.05) is 0 Å². The lowest BCUT2D eigenvalue weighted by atomic mass is 9.89. The largest absolute Gasteiger partial charge is 0.376 e. The van der Waals surface area contributed by atoms with E-state index >= 15 is 0 Å². The van der Waals surface area contributed by atoms with Gasteiger partial charge in [-0.2, -0.15) is 0 Å². The number of ether oxygens (including phenoxy) is 1. The van der Waals surface area contributed by atoms with Crippen molar-refractivity contribution in [3.63, 3.8) is 0 Å². The van der Waals surface area contributed by atoms with E-state index in [1.165, 1.54) is 16.7 Å². The van der Waals surface area contributed by atoms with Gasteiger partial charge in [-0.25, -0.2) is 0 Å². The highest BCUT2D eigenvalue weighted by Crippen LogP contribution is 2.29. The van der Waals surface area contributed by atoms with E-state index in [4.69, 9.17) is 4.74 Å². The van der Waals surface area contributed by atoms with Crippen molar-refractivity contribution in [3.8, 4) is 0 Å². The van der Waals surface area contributed by atoms with E-state index < -0.39 is 0 Å². The molecule has 0 amide bonds. The van der Waals surface area contributed by atoms with Crippen molar-refractivity contribution in [2.45, 2.75) is 41.0 Å². The Morgan fingerprint density at radius 1 is 1.14 bits per heavy atom. The molecule has 1 aliphatic rings. The molecule has 0 spiro atoms. The monoisotopic (exact) mass is 194 g/mol. The van der Waals surface area contributed by atoms with Crippen LogP contribution in [0.15, 0.2) is 22.3 Å². The molecule has 1 heteroatoms. The molecule has 0 aromatic carbocycles. The summed E-state index contributed by atoms with van der Waals surface area (Å²) in [6.07, 6.45) is 1.09. The molecule has 0 unspecified atom stereocenters. The number of hydrogen-bond acceptors (Lipinski definition) is 1. The molecular formula is C13H22O. The lowest BCUT2D eigenvalue weighted by molar-refractivity contribution is 0.144. The van der Waals surface area contributed by atoms with Crippen molar-refractivity contribution in [2.24, 2.45) is 5.92 Å². The van der Waals surface area contributed by atoms with Crippen LogP contribution >= 0.6 is 0 Å². The molecule has 0 radical (unpaired) electrons. The fourth-order valence-corrected chi connectivity index (χ4v) is 1.82. The van der Waals surface area contributed by atoms with Gasteiger partial charge in [0.2, 0.25) is 0 Å². The van der Waals surface area contributed by atoms with Gasteiger partial charge in [0.25, 0.3) is 0 Å². The summed E-state index contributed by atoms with van der Waals surface area (Å²) in [5.74, 6) is 0.650. The fraction of sp³-hybridized carbons (Fsp3) is 0.692. The standard InChI is InChI=1S/C13H22O/c1-9(2)11(5)12-6-7-14-8-13(12)10(3)4/h9H,6-8H2,1-5H3/b12-11+. The molecule has 14 heavy (non-hydrogen) atoms. The van der Waals surface area contributed by atoms with Crippen LogP contribution in [0.4, 0.5) is 0 Å². The Balaban J connectivity index is 3.06. The van der Waals surface area contributed by atoms with Crippen molar-refractivity contribution in [3.05, 3.63) is 22.3 Å². The lowest BCUT2D eigenvalue weighted by Gasteiger charge is -2.24. The number of allylic oxidation sites excluding steroid dienone is 2. The molecule has 80 valence electrons. The second kappa shape index (κ2) is 4.79. The molecule has 1 aliphatic heterocycles. The fourth-order valence-electron chi connectivity index (χ4n) is 1.82. The quantitative estimate of drug-likeness (QED) is 0.618. The average molecular weight is 194 g/mol. The minimum atomic E-state index is 0.650. The maximum Gasteiger partial charge on any atom is 0.0719 e. The molecule has 0 N–H and O–H groups in total. The first-order valence-corrected chi connectivity index (χ1v) is 5.48. The van der Waals surface area contributed by atoms with Crippen LogP contribution < -0.4 is 0 Å². The Morgan fingerprint density at radius 3 is 2.29 bits per heavy atom. The van der Waals surface area contributed by atoms with Gasteiger partial charge in [-0.05, 0) is 44.3 Å². The van der Waals surface area contributed by atoms with Crippen molar-refractivity contribution >= 4 is 0 Å². The summed E-state index contributed by atoms with van der Waals surface area (Å²) < 4.78 is 5.51.